The van der Waals surface area contributed by atoms with Gasteiger partial charge < -0.3 is 5.32 Å². The van der Waals surface area contributed by atoms with E-state index in [0.717, 1.165) is 29.0 Å². The summed E-state index contributed by atoms with van der Waals surface area (Å²) in [5, 5.41) is 3.13. The lowest BCUT2D eigenvalue weighted by Gasteiger charge is -2.05. The van der Waals surface area contributed by atoms with Gasteiger partial charge in [-0.1, -0.05) is 36.4 Å². The van der Waals surface area contributed by atoms with E-state index in [2.05, 4.69) is 10.3 Å². The van der Waals surface area contributed by atoms with Gasteiger partial charge in [0.1, 0.15) is 4.83 Å². The first kappa shape index (κ1) is 18.9. The zero-order chi connectivity index (χ0) is 20.4. The molecule has 0 saturated heterocycles. The van der Waals surface area contributed by atoms with Gasteiger partial charge in [-0.3, -0.25) is 14.2 Å². The van der Waals surface area contributed by atoms with Crippen LogP contribution in [0.25, 0.3) is 10.2 Å². The number of aromatic nitrogens is 2. The van der Waals surface area contributed by atoms with Crippen LogP contribution < -0.4 is 10.9 Å². The first-order chi connectivity index (χ1) is 14.0. The van der Waals surface area contributed by atoms with Crippen molar-refractivity contribution in [1.82, 2.24) is 14.9 Å². The maximum absolute atomic E-state index is 13.4. The summed E-state index contributed by atoms with van der Waals surface area (Å²) in [5.74, 6) is -2.21. The van der Waals surface area contributed by atoms with E-state index in [9.17, 15) is 18.4 Å². The summed E-state index contributed by atoms with van der Waals surface area (Å²) in [6.45, 7) is 0.423. The Balaban J connectivity index is 1.56. The largest absolute Gasteiger partial charge is 0.347 e. The average Bonchev–Trinajstić information content (AvgIpc) is 3.17. The number of nitrogens with zero attached hydrogens (tertiary/aromatic N) is 2. The number of fused-ring (bicyclic) bond motifs is 1. The van der Waals surface area contributed by atoms with Crippen LogP contribution in [0.15, 0.2) is 65.7 Å². The summed E-state index contributed by atoms with van der Waals surface area (Å²) in [4.78, 5) is 30.2. The maximum atomic E-state index is 13.4. The number of rotatable bonds is 5. The molecule has 146 valence electrons. The van der Waals surface area contributed by atoms with Crippen molar-refractivity contribution < 1.29 is 13.6 Å². The number of amides is 1. The molecule has 0 fully saturated rings. The van der Waals surface area contributed by atoms with Crippen molar-refractivity contribution in [2.45, 2.75) is 13.1 Å². The lowest BCUT2D eigenvalue weighted by molar-refractivity contribution is 0.0955. The molecule has 0 spiro atoms. The molecule has 5 nitrogen and oxygen atoms in total. The van der Waals surface area contributed by atoms with Gasteiger partial charge in [0.15, 0.2) is 11.6 Å². The Hall–Kier alpha value is -3.39. The lowest BCUT2D eigenvalue weighted by atomic mass is 10.2. The van der Waals surface area contributed by atoms with Crippen molar-refractivity contribution in [2.24, 2.45) is 0 Å². The fraction of sp³-hybridized carbons (Fsp3) is 0.0952. The number of thiophene rings is 1. The molecule has 0 aliphatic heterocycles. The van der Waals surface area contributed by atoms with Crippen LogP contribution in [0.5, 0.6) is 0 Å². The highest BCUT2D eigenvalue weighted by Gasteiger charge is 2.14. The maximum Gasteiger partial charge on any atom is 0.262 e. The van der Waals surface area contributed by atoms with Crippen LogP contribution in [-0.4, -0.2) is 15.5 Å². The summed E-state index contributed by atoms with van der Waals surface area (Å²) in [5.41, 5.74) is 1.05. The van der Waals surface area contributed by atoms with Crippen LogP contribution >= 0.6 is 11.3 Å². The average molecular weight is 411 g/mol. The molecule has 0 atom stereocenters. The van der Waals surface area contributed by atoms with Crippen LogP contribution in [0.1, 0.15) is 20.8 Å². The SMILES string of the molecule is O=C(NCc1ccccc1)c1cc2c(=O)n(Cc3ccc(F)c(F)c3)cnc2s1. The van der Waals surface area contributed by atoms with Gasteiger partial charge in [0.05, 0.1) is 23.1 Å². The minimum Gasteiger partial charge on any atom is -0.347 e. The number of hydrogen-bond donors (Lipinski definition) is 1. The van der Waals surface area contributed by atoms with E-state index < -0.39 is 11.6 Å². The molecule has 2 aromatic carbocycles. The fourth-order valence-electron chi connectivity index (χ4n) is 2.88. The second-order valence-corrected chi connectivity index (χ2v) is 7.45. The van der Waals surface area contributed by atoms with Gasteiger partial charge >= 0.3 is 0 Å². The van der Waals surface area contributed by atoms with Gasteiger partial charge in [0.25, 0.3) is 11.5 Å². The van der Waals surface area contributed by atoms with Crippen LogP contribution in [0.2, 0.25) is 0 Å². The number of halogens is 2. The van der Waals surface area contributed by atoms with Crippen molar-refractivity contribution in [3.63, 3.8) is 0 Å². The standard InChI is InChI=1S/C21H15F2N3O2S/c22-16-7-6-14(8-17(16)23)11-26-12-25-20-15(21(26)28)9-18(29-20)19(27)24-10-13-4-2-1-3-5-13/h1-9,12H,10-11H2,(H,24,27). The summed E-state index contributed by atoms with van der Waals surface area (Å²) in [7, 11) is 0. The van der Waals surface area contributed by atoms with E-state index in [4.69, 9.17) is 0 Å². The molecule has 2 heterocycles. The van der Waals surface area contributed by atoms with Gasteiger partial charge in [-0.2, -0.15) is 0 Å². The molecule has 0 aliphatic carbocycles. The number of carbonyl (C=O) groups is 1. The van der Waals surface area contributed by atoms with Crippen molar-refractivity contribution in [3.8, 4) is 0 Å². The topological polar surface area (TPSA) is 64.0 Å². The molecule has 0 radical (unpaired) electrons. The summed E-state index contributed by atoms with van der Waals surface area (Å²) >= 11 is 1.13. The first-order valence-electron chi connectivity index (χ1n) is 8.76. The van der Waals surface area contributed by atoms with Crippen LogP contribution in [0.3, 0.4) is 0 Å². The third-order valence-corrected chi connectivity index (χ3v) is 5.42. The van der Waals surface area contributed by atoms with E-state index in [1.165, 1.54) is 23.0 Å². The molecule has 0 saturated carbocycles. The van der Waals surface area contributed by atoms with Crippen LogP contribution in [0, 0.1) is 11.6 Å². The molecule has 29 heavy (non-hydrogen) atoms. The van der Waals surface area contributed by atoms with Gasteiger partial charge in [0, 0.05) is 6.54 Å². The normalized spacial score (nSPS) is 11.0. The van der Waals surface area contributed by atoms with Gasteiger partial charge in [-0.05, 0) is 29.3 Å². The Labute approximate surface area is 168 Å². The van der Waals surface area contributed by atoms with Crippen molar-refractivity contribution in [2.75, 3.05) is 0 Å². The quantitative estimate of drug-likeness (QED) is 0.545. The minimum atomic E-state index is -0.975. The summed E-state index contributed by atoms with van der Waals surface area (Å²) < 4.78 is 27.8. The molecule has 0 unspecified atom stereocenters. The molecule has 4 rings (SSSR count). The summed E-state index contributed by atoms with van der Waals surface area (Å²) in [6.07, 6.45) is 1.34. The van der Waals surface area contributed by atoms with Crippen molar-refractivity contribution >= 4 is 27.5 Å². The number of carbonyl (C=O) groups excluding carboxylic acids is 1. The molecular weight excluding hydrogens is 396 g/mol. The molecule has 1 N–H and O–H groups in total. The van der Waals surface area contributed by atoms with Gasteiger partial charge in [-0.25, -0.2) is 13.8 Å². The minimum absolute atomic E-state index is 0.0460. The Morgan fingerprint density at radius 3 is 2.59 bits per heavy atom. The van der Waals surface area contributed by atoms with E-state index in [1.807, 2.05) is 30.3 Å². The van der Waals surface area contributed by atoms with Gasteiger partial charge in [0.2, 0.25) is 0 Å². The predicted molar refractivity (Wildman–Crippen MR) is 107 cm³/mol. The van der Waals surface area contributed by atoms with Crippen molar-refractivity contribution in [1.29, 1.82) is 0 Å². The highest BCUT2D eigenvalue weighted by atomic mass is 32.1. The lowest BCUT2D eigenvalue weighted by Crippen LogP contribution is -2.22. The van der Waals surface area contributed by atoms with E-state index >= 15 is 0 Å². The molecule has 1 amide bonds. The zero-order valence-electron chi connectivity index (χ0n) is 15.1. The Bertz CT molecular complexity index is 1250. The number of hydrogen-bond acceptors (Lipinski definition) is 4. The second-order valence-electron chi connectivity index (χ2n) is 6.42. The van der Waals surface area contributed by atoms with Crippen LogP contribution in [-0.2, 0) is 13.1 Å². The first-order valence-corrected chi connectivity index (χ1v) is 9.58. The predicted octanol–water partition coefficient (Wildman–Crippen LogP) is 3.71. The fourth-order valence-corrected chi connectivity index (χ4v) is 3.79. The monoisotopic (exact) mass is 411 g/mol. The van der Waals surface area contributed by atoms with E-state index in [-0.39, 0.29) is 18.0 Å². The van der Waals surface area contributed by atoms with Crippen LogP contribution in [0.4, 0.5) is 8.78 Å². The van der Waals surface area contributed by atoms with Crippen molar-refractivity contribution in [3.05, 3.63) is 98.9 Å². The Kier molecular flexibility index (Phi) is 5.18. The molecule has 2 aromatic heterocycles. The third-order valence-electron chi connectivity index (χ3n) is 4.37. The highest BCUT2D eigenvalue weighted by Crippen LogP contribution is 2.21. The molecule has 0 bridgehead atoms. The Morgan fingerprint density at radius 2 is 1.83 bits per heavy atom. The van der Waals surface area contributed by atoms with E-state index in [0.29, 0.717) is 27.2 Å². The number of nitrogens with one attached hydrogen (secondary N) is 1. The van der Waals surface area contributed by atoms with E-state index in [1.54, 1.807) is 0 Å². The van der Waals surface area contributed by atoms with Gasteiger partial charge in [-0.15, -0.1) is 11.3 Å². The molecule has 8 heteroatoms. The third kappa shape index (κ3) is 4.07. The highest BCUT2D eigenvalue weighted by molar-refractivity contribution is 7.20. The summed E-state index contributed by atoms with van der Waals surface area (Å²) in [6, 6.07) is 14.5. The smallest absolute Gasteiger partial charge is 0.262 e. The molecule has 4 aromatic rings. The molecule has 0 aliphatic rings. The number of benzene rings is 2. The Morgan fingerprint density at radius 1 is 1.03 bits per heavy atom. The second kappa shape index (κ2) is 7.92. The molecular formula is C21H15F2N3O2S. The zero-order valence-corrected chi connectivity index (χ0v) is 15.9.